The third-order valence-electron chi connectivity index (χ3n) is 4.55. The molecule has 0 bridgehead atoms. The van der Waals surface area contributed by atoms with Crippen molar-refractivity contribution in [1.29, 1.82) is 0 Å². The number of hydrogen-bond acceptors (Lipinski definition) is 3. The molecule has 0 unspecified atom stereocenters. The Morgan fingerprint density at radius 3 is 2.00 bits per heavy atom. The van der Waals surface area contributed by atoms with Crippen LogP contribution >= 0.6 is 0 Å². The summed E-state index contributed by atoms with van der Waals surface area (Å²) in [6.07, 6.45) is 2.07. The van der Waals surface area contributed by atoms with Gasteiger partial charge in [0.25, 0.3) is 0 Å². The molecule has 0 radical (unpaired) electrons. The Kier molecular flexibility index (Phi) is 4.85. The summed E-state index contributed by atoms with van der Waals surface area (Å²) < 4.78 is 0. The molecule has 1 saturated heterocycles. The zero-order chi connectivity index (χ0) is 15.6. The average molecular weight is 296 g/mol. The van der Waals surface area contributed by atoms with E-state index in [2.05, 4.69) is 0 Å². The first kappa shape index (κ1) is 15.8. The third kappa shape index (κ3) is 3.36. The van der Waals surface area contributed by atoms with Crippen LogP contribution < -0.4 is 0 Å². The molecule has 6 heteroatoms. The lowest BCUT2D eigenvalue weighted by Gasteiger charge is -2.37. The molecule has 2 atom stereocenters. The van der Waals surface area contributed by atoms with E-state index in [0.717, 1.165) is 6.42 Å². The summed E-state index contributed by atoms with van der Waals surface area (Å²) in [6, 6.07) is 0. The predicted molar refractivity (Wildman–Crippen MR) is 76.5 cm³/mol. The van der Waals surface area contributed by atoms with Gasteiger partial charge in [0.05, 0.1) is 11.8 Å². The monoisotopic (exact) mass is 296 g/mol. The van der Waals surface area contributed by atoms with Crippen LogP contribution in [-0.2, 0) is 14.4 Å². The molecule has 1 aliphatic carbocycles. The van der Waals surface area contributed by atoms with E-state index in [-0.39, 0.29) is 23.7 Å². The Bertz CT molecular complexity index is 427. The minimum absolute atomic E-state index is 0.0292. The van der Waals surface area contributed by atoms with Crippen molar-refractivity contribution in [2.75, 3.05) is 26.2 Å². The standard InChI is InChI=1S/C15H24N2O4/c1-10(2)13(18)16-6-8-17(9-7-16)14(19)11-4-3-5-12(11)15(20)21/h10-12H,3-9H2,1-2H3,(H,20,21)/t11-,12+/m1/s1. The Balaban J connectivity index is 1.91. The van der Waals surface area contributed by atoms with Gasteiger partial charge in [-0.3, -0.25) is 14.4 Å². The van der Waals surface area contributed by atoms with Crippen molar-refractivity contribution in [3.8, 4) is 0 Å². The van der Waals surface area contributed by atoms with E-state index >= 15 is 0 Å². The third-order valence-corrected chi connectivity index (χ3v) is 4.55. The van der Waals surface area contributed by atoms with Crippen LogP contribution in [0.4, 0.5) is 0 Å². The minimum Gasteiger partial charge on any atom is -0.481 e. The molecule has 6 nitrogen and oxygen atoms in total. The minimum atomic E-state index is -0.862. The zero-order valence-corrected chi connectivity index (χ0v) is 12.7. The number of amides is 2. The van der Waals surface area contributed by atoms with Crippen molar-refractivity contribution in [1.82, 2.24) is 9.80 Å². The van der Waals surface area contributed by atoms with Crippen LogP contribution in [0.5, 0.6) is 0 Å². The number of carboxylic acid groups (broad SMARTS) is 1. The van der Waals surface area contributed by atoms with Crippen LogP contribution in [0.15, 0.2) is 0 Å². The van der Waals surface area contributed by atoms with Gasteiger partial charge in [-0.15, -0.1) is 0 Å². The quantitative estimate of drug-likeness (QED) is 0.836. The van der Waals surface area contributed by atoms with Crippen molar-refractivity contribution in [3.63, 3.8) is 0 Å². The number of hydrogen-bond donors (Lipinski definition) is 1. The SMILES string of the molecule is CC(C)C(=O)N1CCN(C(=O)[C@@H]2CCC[C@@H]2C(=O)O)CC1. The van der Waals surface area contributed by atoms with E-state index in [1.54, 1.807) is 9.80 Å². The second kappa shape index (κ2) is 6.45. The van der Waals surface area contributed by atoms with Crippen molar-refractivity contribution in [2.24, 2.45) is 17.8 Å². The molecule has 0 aromatic rings. The number of carboxylic acids is 1. The molecule has 1 heterocycles. The molecule has 118 valence electrons. The Hall–Kier alpha value is -1.59. The largest absolute Gasteiger partial charge is 0.481 e. The highest BCUT2D eigenvalue weighted by atomic mass is 16.4. The van der Waals surface area contributed by atoms with Crippen molar-refractivity contribution in [2.45, 2.75) is 33.1 Å². The van der Waals surface area contributed by atoms with Gasteiger partial charge in [0.2, 0.25) is 11.8 Å². The molecule has 21 heavy (non-hydrogen) atoms. The van der Waals surface area contributed by atoms with Crippen molar-refractivity contribution >= 4 is 17.8 Å². The van der Waals surface area contributed by atoms with Crippen LogP contribution in [0.3, 0.4) is 0 Å². The van der Waals surface area contributed by atoms with Crippen LogP contribution in [0, 0.1) is 17.8 Å². The fraction of sp³-hybridized carbons (Fsp3) is 0.800. The first-order chi connectivity index (χ1) is 9.91. The summed E-state index contributed by atoms with van der Waals surface area (Å²) >= 11 is 0. The molecule has 2 amide bonds. The highest BCUT2D eigenvalue weighted by molar-refractivity contribution is 5.85. The molecule has 1 N–H and O–H groups in total. The van der Waals surface area contributed by atoms with E-state index in [4.69, 9.17) is 0 Å². The molecular weight excluding hydrogens is 272 g/mol. The normalized spacial score (nSPS) is 26.2. The van der Waals surface area contributed by atoms with Crippen LogP contribution in [0.2, 0.25) is 0 Å². The van der Waals surface area contributed by atoms with E-state index in [1.165, 1.54) is 0 Å². The number of piperazine rings is 1. The fourth-order valence-electron chi connectivity index (χ4n) is 3.30. The van der Waals surface area contributed by atoms with Gasteiger partial charge in [-0.25, -0.2) is 0 Å². The van der Waals surface area contributed by atoms with Gasteiger partial charge >= 0.3 is 5.97 Å². The van der Waals surface area contributed by atoms with E-state index in [9.17, 15) is 19.5 Å². The number of carbonyl (C=O) groups excluding carboxylic acids is 2. The maximum absolute atomic E-state index is 12.5. The summed E-state index contributed by atoms with van der Waals surface area (Å²) in [6.45, 7) is 5.87. The van der Waals surface area contributed by atoms with E-state index in [0.29, 0.717) is 39.0 Å². The smallest absolute Gasteiger partial charge is 0.307 e. The second-order valence-electron chi connectivity index (χ2n) is 6.29. The van der Waals surface area contributed by atoms with Gasteiger partial charge in [0, 0.05) is 32.1 Å². The number of rotatable bonds is 3. The Morgan fingerprint density at radius 1 is 0.952 bits per heavy atom. The van der Waals surface area contributed by atoms with Gasteiger partial charge in [-0.2, -0.15) is 0 Å². The van der Waals surface area contributed by atoms with Gasteiger partial charge < -0.3 is 14.9 Å². The Labute approximate surface area is 125 Å². The second-order valence-corrected chi connectivity index (χ2v) is 6.29. The molecule has 2 aliphatic rings. The summed E-state index contributed by atoms with van der Waals surface area (Å²) in [7, 11) is 0. The fourth-order valence-corrected chi connectivity index (χ4v) is 3.30. The van der Waals surface area contributed by atoms with Gasteiger partial charge in [0.15, 0.2) is 0 Å². The maximum Gasteiger partial charge on any atom is 0.307 e. The van der Waals surface area contributed by atoms with Crippen LogP contribution in [-0.4, -0.2) is 58.9 Å². The van der Waals surface area contributed by atoms with Crippen molar-refractivity contribution in [3.05, 3.63) is 0 Å². The highest BCUT2D eigenvalue weighted by Crippen LogP contribution is 2.33. The summed E-state index contributed by atoms with van der Waals surface area (Å²) in [4.78, 5) is 39.1. The average Bonchev–Trinajstić information content (AvgIpc) is 2.95. The first-order valence-electron chi connectivity index (χ1n) is 7.72. The highest BCUT2D eigenvalue weighted by Gasteiger charge is 2.40. The van der Waals surface area contributed by atoms with Gasteiger partial charge in [-0.1, -0.05) is 20.3 Å². The lowest BCUT2D eigenvalue weighted by Crippen LogP contribution is -2.53. The predicted octanol–water partition coefficient (Wildman–Crippen LogP) is 0.814. The maximum atomic E-state index is 12.5. The number of carbonyl (C=O) groups is 3. The first-order valence-corrected chi connectivity index (χ1v) is 7.72. The lowest BCUT2D eigenvalue weighted by atomic mass is 9.94. The molecule has 2 fully saturated rings. The molecule has 0 spiro atoms. The summed E-state index contributed by atoms with van der Waals surface area (Å²) in [5.41, 5.74) is 0. The molecule has 1 aliphatic heterocycles. The molecular formula is C15H24N2O4. The zero-order valence-electron chi connectivity index (χ0n) is 12.7. The lowest BCUT2D eigenvalue weighted by molar-refractivity contribution is -0.150. The van der Waals surface area contributed by atoms with E-state index < -0.39 is 11.9 Å². The number of aliphatic carboxylic acids is 1. The summed E-state index contributed by atoms with van der Waals surface area (Å²) in [5.74, 6) is -1.73. The van der Waals surface area contributed by atoms with E-state index in [1.807, 2.05) is 13.8 Å². The molecule has 2 rings (SSSR count). The van der Waals surface area contributed by atoms with Gasteiger partial charge in [-0.05, 0) is 12.8 Å². The Morgan fingerprint density at radius 2 is 1.48 bits per heavy atom. The molecule has 0 aromatic carbocycles. The van der Waals surface area contributed by atoms with Crippen LogP contribution in [0.25, 0.3) is 0 Å². The number of nitrogens with zero attached hydrogens (tertiary/aromatic N) is 2. The topological polar surface area (TPSA) is 77.9 Å². The molecule has 1 saturated carbocycles. The molecule has 0 aromatic heterocycles. The summed E-state index contributed by atoms with van der Waals surface area (Å²) in [5, 5.41) is 9.18. The van der Waals surface area contributed by atoms with Crippen molar-refractivity contribution < 1.29 is 19.5 Å². The van der Waals surface area contributed by atoms with Gasteiger partial charge in [0.1, 0.15) is 0 Å². The van der Waals surface area contributed by atoms with Crippen LogP contribution in [0.1, 0.15) is 33.1 Å².